The molecule has 0 radical (unpaired) electrons. The second-order valence-corrected chi connectivity index (χ2v) is 6.72. The molecule has 0 aliphatic carbocycles. The number of carbonyl (C=O) groups is 2. The molecule has 1 aromatic heterocycles. The van der Waals surface area contributed by atoms with Crippen molar-refractivity contribution in [2.24, 2.45) is 0 Å². The summed E-state index contributed by atoms with van der Waals surface area (Å²) in [5, 5.41) is 5.36. The Balaban J connectivity index is 1.76. The first-order chi connectivity index (χ1) is 14.5. The number of pyridine rings is 1. The third-order valence-corrected chi connectivity index (χ3v) is 4.50. The first-order valence-electron chi connectivity index (χ1n) is 9.63. The van der Waals surface area contributed by atoms with Crippen molar-refractivity contribution in [1.29, 1.82) is 0 Å². The topological polar surface area (TPSA) is 80.2 Å². The van der Waals surface area contributed by atoms with Crippen LogP contribution in [-0.2, 0) is 11.3 Å². The second-order valence-electron chi connectivity index (χ2n) is 6.72. The molecule has 6 nitrogen and oxygen atoms in total. The van der Waals surface area contributed by atoms with E-state index in [2.05, 4.69) is 10.6 Å². The molecule has 2 amide bonds. The molecule has 0 saturated heterocycles. The van der Waals surface area contributed by atoms with Gasteiger partial charge in [0.1, 0.15) is 11.4 Å². The molecule has 0 aliphatic heterocycles. The van der Waals surface area contributed by atoms with Crippen molar-refractivity contribution in [3.63, 3.8) is 0 Å². The van der Waals surface area contributed by atoms with Crippen LogP contribution in [0.25, 0.3) is 5.69 Å². The van der Waals surface area contributed by atoms with Gasteiger partial charge in [0.15, 0.2) is 0 Å². The molecular formula is C23H22FN3O3. The predicted molar refractivity (Wildman–Crippen MR) is 113 cm³/mol. The van der Waals surface area contributed by atoms with E-state index in [0.717, 1.165) is 6.42 Å². The molecule has 0 spiro atoms. The molecule has 154 valence electrons. The Hall–Kier alpha value is -3.74. The van der Waals surface area contributed by atoms with Gasteiger partial charge in [0, 0.05) is 36.1 Å². The molecular weight excluding hydrogens is 385 g/mol. The zero-order chi connectivity index (χ0) is 21.5. The summed E-state index contributed by atoms with van der Waals surface area (Å²) in [7, 11) is 0. The van der Waals surface area contributed by atoms with Crippen LogP contribution < -0.4 is 16.2 Å². The quantitative estimate of drug-likeness (QED) is 0.627. The number of hydrogen-bond acceptors (Lipinski definition) is 3. The Labute approximate surface area is 173 Å². The molecule has 0 fully saturated rings. The Morgan fingerprint density at radius 3 is 2.43 bits per heavy atom. The van der Waals surface area contributed by atoms with Crippen molar-refractivity contribution in [3.05, 3.63) is 94.2 Å². The van der Waals surface area contributed by atoms with Crippen LogP contribution in [0, 0.1) is 5.82 Å². The minimum atomic E-state index is -0.582. The largest absolute Gasteiger partial charge is 0.348 e. The summed E-state index contributed by atoms with van der Waals surface area (Å²) in [6.07, 6.45) is 2.75. The van der Waals surface area contributed by atoms with Crippen LogP contribution in [-0.4, -0.2) is 16.4 Å². The first kappa shape index (κ1) is 21.0. The van der Waals surface area contributed by atoms with Gasteiger partial charge < -0.3 is 10.6 Å². The molecule has 0 unspecified atom stereocenters. The number of benzene rings is 2. The minimum Gasteiger partial charge on any atom is -0.348 e. The molecule has 0 aliphatic rings. The summed E-state index contributed by atoms with van der Waals surface area (Å²) >= 11 is 0. The highest BCUT2D eigenvalue weighted by molar-refractivity contribution is 5.94. The molecule has 1 heterocycles. The van der Waals surface area contributed by atoms with Gasteiger partial charge >= 0.3 is 0 Å². The van der Waals surface area contributed by atoms with Gasteiger partial charge in [0.05, 0.1) is 0 Å². The number of aromatic nitrogens is 1. The SMILES string of the molecule is CCCC(=O)Nc1ccc(-n2cccc(C(=O)NCc3ccccc3F)c2=O)cc1. The monoisotopic (exact) mass is 407 g/mol. The normalized spacial score (nSPS) is 10.5. The fraction of sp³-hybridized carbons (Fsp3) is 0.174. The van der Waals surface area contributed by atoms with E-state index in [4.69, 9.17) is 0 Å². The van der Waals surface area contributed by atoms with Crippen molar-refractivity contribution >= 4 is 17.5 Å². The van der Waals surface area contributed by atoms with E-state index in [9.17, 15) is 18.8 Å². The van der Waals surface area contributed by atoms with Crippen LogP contribution in [0.5, 0.6) is 0 Å². The highest BCUT2D eigenvalue weighted by Gasteiger charge is 2.13. The van der Waals surface area contributed by atoms with Gasteiger partial charge in [-0.15, -0.1) is 0 Å². The molecule has 0 saturated carbocycles. The van der Waals surface area contributed by atoms with Gasteiger partial charge in [0.25, 0.3) is 11.5 Å². The summed E-state index contributed by atoms with van der Waals surface area (Å²) in [6.45, 7) is 1.90. The number of carbonyl (C=O) groups excluding carboxylic acids is 2. The van der Waals surface area contributed by atoms with Crippen molar-refractivity contribution in [2.45, 2.75) is 26.3 Å². The van der Waals surface area contributed by atoms with E-state index in [1.807, 2.05) is 6.92 Å². The second kappa shape index (κ2) is 9.65. The number of nitrogens with zero attached hydrogens (tertiary/aromatic N) is 1. The highest BCUT2D eigenvalue weighted by Crippen LogP contribution is 2.13. The van der Waals surface area contributed by atoms with Crippen LogP contribution >= 0.6 is 0 Å². The number of hydrogen-bond donors (Lipinski definition) is 2. The maximum absolute atomic E-state index is 13.7. The van der Waals surface area contributed by atoms with E-state index in [-0.39, 0.29) is 18.0 Å². The number of halogens is 1. The Morgan fingerprint density at radius 1 is 1.00 bits per heavy atom. The third kappa shape index (κ3) is 5.00. The number of rotatable bonds is 7. The fourth-order valence-corrected chi connectivity index (χ4v) is 2.94. The Bertz CT molecular complexity index is 1110. The van der Waals surface area contributed by atoms with Gasteiger partial charge in [0.2, 0.25) is 5.91 Å². The highest BCUT2D eigenvalue weighted by atomic mass is 19.1. The standard InChI is InChI=1S/C23H22FN3O3/c1-2-6-21(28)26-17-10-12-18(13-11-17)27-14-5-8-19(23(27)30)22(29)25-15-16-7-3-4-9-20(16)24/h3-5,7-14H,2,6,15H2,1H3,(H,25,29)(H,26,28). The van der Waals surface area contributed by atoms with E-state index in [1.165, 1.54) is 16.7 Å². The summed E-state index contributed by atoms with van der Waals surface area (Å²) in [5.41, 5.74) is 0.976. The van der Waals surface area contributed by atoms with Crippen LogP contribution in [0.2, 0.25) is 0 Å². The lowest BCUT2D eigenvalue weighted by Crippen LogP contribution is -2.32. The molecule has 2 aromatic carbocycles. The van der Waals surface area contributed by atoms with E-state index < -0.39 is 17.3 Å². The molecule has 7 heteroatoms. The predicted octanol–water partition coefficient (Wildman–Crippen LogP) is 3.65. The van der Waals surface area contributed by atoms with E-state index in [1.54, 1.807) is 54.7 Å². The molecule has 3 rings (SSSR count). The van der Waals surface area contributed by atoms with Crippen molar-refractivity contribution in [1.82, 2.24) is 9.88 Å². The Kier molecular flexibility index (Phi) is 6.75. The van der Waals surface area contributed by atoms with Crippen LogP contribution in [0.15, 0.2) is 71.7 Å². The van der Waals surface area contributed by atoms with Gasteiger partial charge in [-0.05, 0) is 48.9 Å². The lowest BCUT2D eigenvalue weighted by molar-refractivity contribution is -0.116. The van der Waals surface area contributed by atoms with E-state index >= 15 is 0 Å². The fourth-order valence-electron chi connectivity index (χ4n) is 2.94. The van der Waals surface area contributed by atoms with Crippen LogP contribution in [0.4, 0.5) is 10.1 Å². The minimum absolute atomic E-state index is 0.0218. The first-order valence-corrected chi connectivity index (χ1v) is 9.63. The number of amides is 2. The summed E-state index contributed by atoms with van der Waals surface area (Å²) in [4.78, 5) is 37.0. The van der Waals surface area contributed by atoms with Gasteiger partial charge in [-0.1, -0.05) is 25.1 Å². The lowest BCUT2D eigenvalue weighted by Gasteiger charge is -2.10. The van der Waals surface area contributed by atoms with Gasteiger partial charge in [-0.2, -0.15) is 0 Å². The van der Waals surface area contributed by atoms with Gasteiger partial charge in [-0.3, -0.25) is 19.0 Å². The van der Waals surface area contributed by atoms with Crippen molar-refractivity contribution in [3.8, 4) is 5.69 Å². The molecule has 0 bridgehead atoms. The molecule has 30 heavy (non-hydrogen) atoms. The lowest BCUT2D eigenvalue weighted by atomic mass is 10.2. The van der Waals surface area contributed by atoms with Crippen molar-refractivity contribution in [2.75, 3.05) is 5.32 Å². The smallest absolute Gasteiger partial charge is 0.267 e. The van der Waals surface area contributed by atoms with E-state index in [0.29, 0.717) is 23.4 Å². The summed E-state index contributed by atoms with van der Waals surface area (Å²) in [5.74, 6) is -1.08. The maximum Gasteiger partial charge on any atom is 0.267 e. The van der Waals surface area contributed by atoms with Crippen molar-refractivity contribution < 1.29 is 14.0 Å². The Morgan fingerprint density at radius 2 is 1.73 bits per heavy atom. The summed E-state index contributed by atoms with van der Waals surface area (Å²) in [6, 6.07) is 15.9. The van der Waals surface area contributed by atoms with Gasteiger partial charge in [-0.25, -0.2) is 4.39 Å². The average Bonchev–Trinajstić information content (AvgIpc) is 2.74. The molecule has 2 N–H and O–H groups in total. The summed E-state index contributed by atoms with van der Waals surface area (Å²) < 4.78 is 15.1. The zero-order valence-corrected chi connectivity index (χ0v) is 16.5. The zero-order valence-electron chi connectivity index (χ0n) is 16.5. The number of nitrogens with one attached hydrogen (secondary N) is 2. The maximum atomic E-state index is 13.7. The molecule has 3 aromatic rings. The average molecular weight is 407 g/mol. The van der Waals surface area contributed by atoms with Crippen LogP contribution in [0.1, 0.15) is 35.7 Å². The molecule has 0 atom stereocenters. The number of anilines is 1. The third-order valence-electron chi connectivity index (χ3n) is 4.50. The van der Waals surface area contributed by atoms with Crippen LogP contribution in [0.3, 0.4) is 0 Å².